The standard InChI is InChI=1S/C53H69F3N10O8/c1-10-44(67)64-17-15-34(28-64)49(69)62(8)46(31(2)3)48(68)59-40-24-43-57-27-42(74-43)33-13-14-41-36(22-33)38(25-52(5,6)30-73-51(71)39-12-11-16-66(60-39)50(40)70)47(65(41)29-53(54,55)56)37-23-35(26-58-45(37)32(4)72-9)63-20-18-61(7)19-21-63/h10,13-14,22-23,26-27,31-32,34,39-40,46,60H,1,11-12,15-21,24-25,28-30H2,2-9H3,(H,59,68)/t32-,34-,39-,40-,46?/m0/s1. The summed E-state index contributed by atoms with van der Waals surface area (Å²) in [7, 11) is 5.11. The molecule has 74 heavy (non-hydrogen) atoms. The van der Waals surface area contributed by atoms with E-state index in [1.807, 2.05) is 33.9 Å². The molecule has 2 N–H and O–H groups in total. The van der Waals surface area contributed by atoms with Gasteiger partial charge in [-0.3, -0.25) is 34.0 Å². The number of pyridine rings is 1. The number of hydrazine groups is 1. The minimum atomic E-state index is -4.64. The molecule has 7 heterocycles. The summed E-state index contributed by atoms with van der Waals surface area (Å²) in [6.07, 6.45) is 0.259. The molecule has 8 rings (SSSR count). The number of ether oxygens (including phenoxy) is 2. The van der Waals surface area contributed by atoms with E-state index in [9.17, 15) is 24.0 Å². The van der Waals surface area contributed by atoms with Crippen LogP contribution in [0.15, 0.2) is 53.7 Å². The molecule has 5 atom stereocenters. The summed E-state index contributed by atoms with van der Waals surface area (Å²) in [5.41, 5.74) is 5.55. The highest BCUT2D eigenvalue weighted by molar-refractivity contribution is 5.96. The molecule has 0 spiro atoms. The Labute approximate surface area is 429 Å². The molecule has 18 nitrogen and oxygen atoms in total. The van der Waals surface area contributed by atoms with Gasteiger partial charge in [-0.1, -0.05) is 34.3 Å². The number of piperazine rings is 1. The molecule has 3 fully saturated rings. The van der Waals surface area contributed by atoms with E-state index in [0.717, 1.165) is 18.8 Å². The monoisotopic (exact) mass is 1030 g/mol. The lowest BCUT2D eigenvalue weighted by molar-refractivity contribution is -0.155. The number of nitrogens with zero attached hydrogens (tertiary/aromatic N) is 8. The summed E-state index contributed by atoms with van der Waals surface area (Å²) >= 11 is 0. The Morgan fingerprint density at radius 2 is 1.78 bits per heavy atom. The topological polar surface area (TPSA) is 188 Å². The van der Waals surface area contributed by atoms with Gasteiger partial charge in [0.2, 0.25) is 17.7 Å². The summed E-state index contributed by atoms with van der Waals surface area (Å²) in [4.78, 5) is 86.2. The first-order chi connectivity index (χ1) is 35.1. The van der Waals surface area contributed by atoms with E-state index in [1.165, 1.54) is 40.9 Å². The number of anilines is 1. The minimum Gasteiger partial charge on any atom is -0.464 e. The van der Waals surface area contributed by atoms with Gasteiger partial charge in [-0.15, -0.1) is 0 Å². The summed E-state index contributed by atoms with van der Waals surface area (Å²) in [6.45, 7) is 15.0. The number of fused-ring (bicyclic) bond motifs is 6. The van der Waals surface area contributed by atoms with Crippen LogP contribution in [0, 0.1) is 17.3 Å². The number of hydrogen-bond donors (Lipinski definition) is 2. The van der Waals surface area contributed by atoms with Crippen LogP contribution in [0.2, 0.25) is 0 Å². The predicted octanol–water partition coefficient (Wildman–Crippen LogP) is 5.55. The number of carbonyl (C=O) groups excluding carboxylic acids is 5. The van der Waals surface area contributed by atoms with Gasteiger partial charge in [0.15, 0.2) is 11.7 Å². The number of likely N-dealkylation sites (tertiary alicyclic amines) is 1. The lowest BCUT2D eigenvalue weighted by Crippen LogP contribution is -2.62. The van der Waals surface area contributed by atoms with E-state index in [1.54, 1.807) is 43.1 Å². The molecule has 3 aromatic heterocycles. The van der Waals surface area contributed by atoms with Crippen LogP contribution in [0.25, 0.3) is 33.5 Å². The quantitative estimate of drug-likeness (QED) is 0.141. The van der Waals surface area contributed by atoms with Gasteiger partial charge in [0.1, 0.15) is 24.7 Å². The molecule has 0 aliphatic carbocycles. The fourth-order valence-corrected chi connectivity index (χ4v) is 10.7. The zero-order valence-corrected chi connectivity index (χ0v) is 43.6. The smallest absolute Gasteiger partial charge is 0.406 e. The van der Waals surface area contributed by atoms with Crippen LogP contribution in [0.3, 0.4) is 0 Å². The normalized spacial score (nSPS) is 21.8. The maximum absolute atomic E-state index is 15.0. The third-order valence-electron chi connectivity index (χ3n) is 14.8. The Balaban J connectivity index is 1.22. The first-order valence-corrected chi connectivity index (χ1v) is 25.4. The number of esters is 1. The number of benzene rings is 1. The van der Waals surface area contributed by atoms with Crippen molar-refractivity contribution < 1.29 is 51.0 Å². The van der Waals surface area contributed by atoms with E-state index in [2.05, 4.69) is 32.1 Å². The first-order valence-electron chi connectivity index (χ1n) is 25.4. The molecule has 1 aromatic carbocycles. The van der Waals surface area contributed by atoms with Crippen LogP contribution in [-0.2, 0) is 52.8 Å². The van der Waals surface area contributed by atoms with E-state index in [4.69, 9.17) is 18.9 Å². The van der Waals surface area contributed by atoms with Crippen molar-refractivity contribution in [3.8, 4) is 22.6 Å². The Kier molecular flexibility index (Phi) is 15.9. The van der Waals surface area contributed by atoms with Gasteiger partial charge in [0.05, 0.1) is 54.5 Å². The lowest BCUT2D eigenvalue weighted by atomic mass is 9.84. The van der Waals surface area contributed by atoms with Crippen molar-refractivity contribution in [2.45, 2.75) is 104 Å². The number of amides is 4. The number of nitrogens with one attached hydrogen (secondary N) is 2. The fourth-order valence-electron chi connectivity index (χ4n) is 10.7. The maximum Gasteiger partial charge on any atom is 0.406 e. The molecule has 4 aliphatic heterocycles. The number of likely N-dealkylation sites (N-methyl/N-ethyl adjacent to an activating group) is 2. The van der Waals surface area contributed by atoms with Gasteiger partial charge in [0.25, 0.3) is 5.91 Å². The maximum atomic E-state index is 15.0. The third kappa shape index (κ3) is 11.6. The van der Waals surface area contributed by atoms with Crippen LogP contribution in [0.5, 0.6) is 0 Å². The fraction of sp³-hybridized carbons (Fsp3) is 0.566. The molecular weight excluding hydrogens is 962 g/mol. The van der Waals surface area contributed by atoms with Crippen molar-refractivity contribution in [2.75, 3.05) is 78.5 Å². The molecule has 0 radical (unpaired) electrons. The van der Waals surface area contributed by atoms with Gasteiger partial charge in [-0.25, -0.2) is 10.4 Å². The second-order valence-electron chi connectivity index (χ2n) is 21.3. The molecule has 1 unspecified atom stereocenters. The second kappa shape index (κ2) is 21.9. The number of aromatic nitrogens is 3. The highest BCUT2D eigenvalue weighted by Gasteiger charge is 2.41. The number of oxazole rings is 1. The first kappa shape index (κ1) is 54.0. The average molecular weight is 1030 g/mol. The molecule has 6 bridgehead atoms. The Morgan fingerprint density at radius 3 is 2.47 bits per heavy atom. The number of carbonyl (C=O) groups is 5. The number of hydrogen-bond acceptors (Lipinski definition) is 13. The largest absolute Gasteiger partial charge is 0.464 e. The van der Waals surface area contributed by atoms with E-state index >= 15 is 13.2 Å². The lowest BCUT2D eigenvalue weighted by Gasteiger charge is -2.36. The average Bonchev–Trinajstić information content (AvgIpc) is 4.12. The molecule has 4 amide bonds. The van der Waals surface area contributed by atoms with E-state index < -0.39 is 72.0 Å². The number of cyclic esters (lactones) is 1. The molecule has 4 aliphatic rings. The van der Waals surface area contributed by atoms with Gasteiger partial charge < -0.3 is 43.4 Å². The highest BCUT2D eigenvalue weighted by Crippen LogP contribution is 2.44. The number of alkyl halides is 3. The SMILES string of the molecule is C=CC(=O)N1CC[C@H](C(=O)N(C)C(C(=O)N[C@H]2Cc3ncc(o3)-c3ccc4c(c3)c(c(-c3cc(N5CCN(C)CC5)cnc3[C@H](C)OC)n4CC(F)(F)F)CC(C)(C)COC(=O)[C@@H]3CCCN(N3)C2=O)C(C)C)C1. The van der Waals surface area contributed by atoms with Crippen molar-refractivity contribution in [2.24, 2.45) is 17.3 Å². The van der Waals surface area contributed by atoms with E-state index in [0.29, 0.717) is 77.9 Å². The second-order valence-corrected chi connectivity index (χ2v) is 21.3. The molecule has 0 saturated carbocycles. The molecule has 3 saturated heterocycles. The van der Waals surface area contributed by atoms with Crippen LogP contribution in [0.4, 0.5) is 18.9 Å². The Hall–Kier alpha value is -6.32. The van der Waals surface area contributed by atoms with Crippen LogP contribution in [0.1, 0.15) is 77.1 Å². The van der Waals surface area contributed by atoms with Crippen LogP contribution < -0.4 is 15.6 Å². The highest BCUT2D eigenvalue weighted by atomic mass is 19.4. The van der Waals surface area contributed by atoms with Crippen molar-refractivity contribution in [3.63, 3.8) is 0 Å². The molecule has 400 valence electrons. The van der Waals surface area contributed by atoms with Gasteiger partial charge >= 0.3 is 12.1 Å². The van der Waals surface area contributed by atoms with Crippen molar-refractivity contribution in [3.05, 3.63) is 66.5 Å². The number of rotatable bonds is 11. The summed E-state index contributed by atoms with van der Waals surface area (Å²) in [5, 5.41) is 4.68. The molecular formula is C53H69F3N10O8. The minimum absolute atomic E-state index is 0.0676. The van der Waals surface area contributed by atoms with Gasteiger partial charge in [-0.05, 0) is 81.5 Å². The van der Waals surface area contributed by atoms with Crippen molar-refractivity contribution >= 4 is 46.2 Å². The zero-order chi connectivity index (χ0) is 53.4. The number of halogens is 3. The Morgan fingerprint density at radius 1 is 1.04 bits per heavy atom. The molecule has 21 heteroatoms. The summed E-state index contributed by atoms with van der Waals surface area (Å²) in [6, 6.07) is 3.69. The summed E-state index contributed by atoms with van der Waals surface area (Å²) < 4.78 is 64.6. The Bertz CT molecular complexity index is 2760. The van der Waals surface area contributed by atoms with Crippen molar-refractivity contribution in [1.29, 1.82) is 0 Å². The van der Waals surface area contributed by atoms with Gasteiger partial charge in [-0.2, -0.15) is 13.2 Å². The van der Waals surface area contributed by atoms with Crippen LogP contribution in [-0.4, -0.2) is 162 Å². The molecule has 4 aromatic rings. The predicted molar refractivity (Wildman–Crippen MR) is 270 cm³/mol. The van der Waals surface area contributed by atoms with Gasteiger partial charge in [0, 0.05) is 87.4 Å². The third-order valence-corrected chi connectivity index (χ3v) is 14.8. The van der Waals surface area contributed by atoms with Crippen LogP contribution >= 0.6 is 0 Å². The summed E-state index contributed by atoms with van der Waals surface area (Å²) in [5.74, 6) is -3.05. The van der Waals surface area contributed by atoms with E-state index in [-0.39, 0.29) is 56.0 Å². The van der Waals surface area contributed by atoms with Crippen molar-refractivity contribution in [1.82, 2.24) is 45.0 Å². The number of methoxy groups -OCH3 is 1. The zero-order valence-electron chi connectivity index (χ0n) is 43.6.